The number of nitrogens with zero attached hydrogens (tertiary/aromatic N) is 2. The van der Waals surface area contributed by atoms with Crippen LogP contribution in [0.3, 0.4) is 0 Å². The minimum absolute atomic E-state index is 0.338. The van der Waals surface area contributed by atoms with Crippen LogP contribution in [0.25, 0.3) is 0 Å². The molecule has 7 heteroatoms. The summed E-state index contributed by atoms with van der Waals surface area (Å²) in [4.78, 5) is 26.4. The quantitative estimate of drug-likeness (QED) is 0.926. The predicted molar refractivity (Wildman–Crippen MR) is 71.1 cm³/mol. The number of hydrogen-bond donors (Lipinski definition) is 1. The average molecular weight is 291 g/mol. The van der Waals surface area contributed by atoms with Gasteiger partial charge in [0.1, 0.15) is 6.04 Å². The topological polar surface area (TPSA) is 60.9 Å². The number of carbonyl (C=O) groups excluding carboxylic acids is 1. The molecule has 0 fully saturated rings. The van der Waals surface area contributed by atoms with Crippen LogP contribution in [-0.2, 0) is 11.3 Å². The Morgan fingerprint density at radius 1 is 1.44 bits per heavy atom. The van der Waals surface area contributed by atoms with E-state index >= 15 is 0 Å². The molecule has 0 aliphatic rings. The Kier molecular flexibility index (Phi) is 4.98. The molecule has 1 N–H and O–H groups in total. The molecule has 100 valence electrons. The van der Waals surface area contributed by atoms with Crippen molar-refractivity contribution in [1.82, 2.24) is 9.80 Å². The molecule has 1 atom stereocenters. The maximum atomic E-state index is 12.0. The van der Waals surface area contributed by atoms with E-state index in [1.165, 1.54) is 35.1 Å². The first-order chi connectivity index (χ1) is 8.32. The zero-order chi connectivity index (χ0) is 13.9. The largest absolute Gasteiger partial charge is 0.480 e. The highest BCUT2D eigenvalue weighted by Gasteiger charge is 2.24. The van der Waals surface area contributed by atoms with Crippen LogP contribution in [-0.4, -0.2) is 47.0 Å². The molecule has 18 heavy (non-hydrogen) atoms. The summed E-state index contributed by atoms with van der Waals surface area (Å²) in [7, 11) is 3.10. The van der Waals surface area contributed by atoms with Gasteiger partial charge < -0.3 is 14.9 Å². The maximum absolute atomic E-state index is 12.0. The van der Waals surface area contributed by atoms with E-state index in [-0.39, 0.29) is 6.03 Å². The van der Waals surface area contributed by atoms with Crippen molar-refractivity contribution in [2.24, 2.45) is 0 Å². The van der Waals surface area contributed by atoms with Crippen LogP contribution in [0.1, 0.15) is 11.8 Å². The fourth-order valence-corrected chi connectivity index (χ4v) is 2.48. The lowest BCUT2D eigenvalue weighted by molar-refractivity contribution is -0.141. The zero-order valence-electron chi connectivity index (χ0n) is 10.4. The Balaban J connectivity index is 2.63. The molecule has 1 heterocycles. The van der Waals surface area contributed by atoms with Gasteiger partial charge >= 0.3 is 12.0 Å². The van der Waals surface area contributed by atoms with Gasteiger partial charge in [0.2, 0.25) is 0 Å². The number of amides is 2. The molecule has 0 aromatic carbocycles. The van der Waals surface area contributed by atoms with Gasteiger partial charge in [-0.05, 0) is 19.1 Å². The standard InChI is InChI=1S/C11H15ClN2O3S/c1-7(10(15)16)14(3)11(17)13(2)6-8-4-5-9(12)18-8/h4-5,7H,6H2,1-3H3,(H,15,16). The normalized spacial score (nSPS) is 12.0. The van der Waals surface area contributed by atoms with Gasteiger partial charge in [-0.25, -0.2) is 9.59 Å². The molecule has 0 spiro atoms. The Labute approximate surface area is 115 Å². The predicted octanol–water partition coefficient (Wildman–Crippen LogP) is 2.36. The molecule has 1 aromatic rings. The fraction of sp³-hybridized carbons (Fsp3) is 0.455. The van der Waals surface area contributed by atoms with Crippen LogP contribution in [0.5, 0.6) is 0 Å². The highest BCUT2D eigenvalue weighted by molar-refractivity contribution is 7.16. The van der Waals surface area contributed by atoms with E-state index in [2.05, 4.69) is 0 Å². The molecule has 0 aliphatic heterocycles. The Morgan fingerprint density at radius 2 is 2.06 bits per heavy atom. The van der Waals surface area contributed by atoms with Crippen LogP contribution < -0.4 is 0 Å². The minimum Gasteiger partial charge on any atom is -0.480 e. The third kappa shape index (κ3) is 3.61. The second kappa shape index (κ2) is 6.06. The third-order valence-corrected chi connectivity index (χ3v) is 3.80. The van der Waals surface area contributed by atoms with E-state index < -0.39 is 12.0 Å². The first-order valence-electron chi connectivity index (χ1n) is 5.28. The van der Waals surface area contributed by atoms with E-state index in [1.54, 1.807) is 13.1 Å². The summed E-state index contributed by atoms with van der Waals surface area (Å²) in [6.45, 7) is 1.88. The van der Waals surface area contributed by atoms with Crippen molar-refractivity contribution in [3.8, 4) is 0 Å². The molecule has 2 amide bonds. The summed E-state index contributed by atoms with van der Waals surface area (Å²) in [6.07, 6.45) is 0. The molecular formula is C11H15ClN2O3S. The lowest BCUT2D eigenvalue weighted by Crippen LogP contribution is -2.46. The van der Waals surface area contributed by atoms with E-state index in [4.69, 9.17) is 16.7 Å². The van der Waals surface area contributed by atoms with Gasteiger partial charge in [0.15, 0.2) is 0 Å². The summed E-state index contributed by atoms with van der Waals surface area (Å²) in [5, 5.41) is 8.85. The number of halogens is 1. The van der Waals surface area contributed by atoms with E-state index in [9.17, 15) is 9.59 Å². The van der Waals surface area contributed by atoms with Crippen molar-refractivity contribution < 1.29 is 14.7 Å². The third-order valence-electron chi connectivity index (χ3n) is 2.59. The number of aliphatic carboxylic acids is 1. The van der Waals surface area contributed by atoms with Crippen molar-refractivity contribution in [2.75, 3.05) is 14.1 Å². The van der Waals surface area contributed by atoms with Crippen LogP contribution in [0, 0.1) is 0 Å². The summed E-state index contributed by atoms with van der Waals surface area (Å²) in [5.74, 6) is -1.03. The molecule has 0 saturated carbocycles. The number of thiophene rings is 1. The lowest BCUT2D eigenvalue weighted by Gasteiger charge is -2.27. The summed E-state index contributed by atoms with van der Waals surface area (Å²) in [6, 6.07) is 2.42. The van der Waals surface area contributed by atoms with Crippen LogP contribution in [0.4, 0.5) is 4.79 Å². The highest BCUT2D eigenvalue weighted by Crippen LogP contribution is 2.22. The average Bonchev–Trinajstić information content (AvgIpc) is 2.71. The van der Waals surface area contributed by atoms with Crippen molar-refractivity contribution in [2.45, 2.75) is 19.5 Å². The minimum atomic E-state index is -1.03. The van der Waals surface area contributed by atoms with Gasteiger partial charge in [0, 0.05) is 19.0 Å². The van der Waals surface area contributed by atoms with Crippen molar-refractivity contribution in [3.63, 3.8) is 0 Å². The molecule has 0 saturated heterocycles. The number of likely N-dealkylation sites (N-methyl/N-ethyl adjacent to an activating group) is 1. The number of urea groups is 1. The van der Waals surface area contributed by atoms with E-state index in [0.717, 1.165) is 4.88 Å². The fourth-order valence-electron chi connectivity index (χ4n) is 1.34. The maximum Gasteiger partial charge on any atom is 0.326 e. The molecule has 5 nitrogen and oxygen atoms in total. The first-order valence-corrected chi connectivity index (χ1v) is 6.47. The van der Waals surface area contributed by atoms with Crippen molar-refractivity contribution in [1.29, 1.82) is 0 Å². The number of carboxylic acids is 1. The van der Waals surface area contributed by atoms with Crippen LogP contribution in [0.15, 0.2) is 12.1 Å². The summed E-state index contributed by atoms with van der Waals surface area (Å²) < 4.78 is 0.665. The molecule has 1 aromatic heterocycles. The Morgan fingerprint density at radius 3 is 2.50 bits per heavy atom. The zero-order valence-corrected chi connectivity index (χ0v) is 12.0. The summed E-state index contributed by atoms with van der Waals surface area (Å²) >= 11 is 7.20. The Bertz CT molecular complexity index is 449. The van der Waals surface area contributed by atoms with Crippen LogP contribution >= 0.6 is 22.9 Å². The van der Waals surface area contributed by atoms with Crippen LogP contribution in [0.2, 0.25) is 4.34 Å². The molecule has 0 radical (unpaired) electrons. The van der Waals surface area contributed by atoms with Gasteiger partial charge in [-0.2, -0.15) is 0 Å². The second-order valence-electron chi connectivity index (χ2n) is 3.97. The van der Waals surface area contributed by atoms with Gasteiger partial charge in [-0.3, -0.25) is 0 Å². The van der Waals surface area contributed by atoms with Gasteiger partial charge in [0.25, 0.3) is 0 Å². The monoisotopic (exact) mass is 290 g/mol. The molecule has 1 rings (SSSR count). The van der Waals surface area contributed by atoms with Crippen molar-refractivity contribution >= 4 is 34.9 Å². The van der Waals surface area contributed by atoms with Gasteiger partial charge in [-0.1, -0.05) is 11.6 Å². The molecule has 0 aliphatic carbocycles. The second-order valence-corrected chi connectivity index (χ2v) is 5.77. The van der Waals surface area contributed by atoms with Crippen molar-refractivity contribution in [3.05, 3.63) is 21.3 Å². The number of rotatable bonds is 4. The Hall–Kier alpha value is -1.27. The number of carbonyl (C=O) groups is 2. The molecule has 1 unspecified atom stereocenters. The first kappa shape index (κ1) is 14.8. The molecular weight excluding hydrogens is 276 g/mol. The number of hydrogen-bond acceptors (Lipinski definition) is 3. The van der Waals surface area contributed by atoms with E-state index in [1.807, 2.05) is 6.07 Å². The van der Waals surface area contributed by atoms with E-state index in [0.29, 0.717) is 10.9 Å². The highest BCUT2D eigenvalue weighted by atomic mass is 35.5. The molecule has 0 bridgehead atoms. The summed E-state index contributed by atoms with van der Waals surface area (Å²) in [5.41, 5.74) is 0. The SMILES string of the molecule is CC(C(=O)O)N(C)C(=O)N(C)Cc1ccc(Cl)s1. The smallest absolute Gasteiger partial charge is 0.326 e. The number of carboxylic acid groups (broad SMARTS) is 1. The van der Waals surface area contributed by atoms with Gasteiger partial charge in [0.05, 0.1) is 10.9 Å². The lowest BCUT2D eigenvalue weighted by atomic mass is 10.3. The van der Waals surface area contributed by atoms with Gasteiger partial charge in [-0.15, -0.1) is 11.3 Å².